The van der Waals surface area contributed by atoms with Crippen molar-refractivity contribution in [2.45, 2.75) is 37.3 Å². The Morgan fingerprint density at radius 1 is 1.44 bits per heavy atom. The lowest BCUT2D eigenvalue weighted by Gasteiger charge is -2.13. The van der Waals surface area contributed by atoms with E-state index in [1.54, 1.807) is 11.8 Å². The molecule has 1 aromatic rings. The van der Waals surface area contributed by atoms with E-state index in [-0.39, 0.29) is 11.2 Å². The Kier molecular flexibility index (Phi) is 4.87. The fourth-order valence-electron chi connectivity index (χ4n) is 1.51. The second kappa shape index (κ2) is 5.94. The third kappa shape index (κ3) is 3.27. The third-order valence-corrected chi connectivity index (χ3v) is 3.96. The Hall–Kier alpha value is -0.960. The van der Waals surface area contributed by atoms with Crippen LogP contribution in [-0.2, 0) is 9.53 Å². The molecule has 0 aliphatic carbocycles. The molecular weight excluding hydrogens is 220 g/mol. The number of ether oxygens (including phenoxy) is 1. The molecule has 1 unspecified atom stereocenters. The quantitative estimate of drug-likeness (QED) is 0.594. The van der Waals surface area contributed by atoms with Gasteiger partial charge >= 0.3 is 5.97 Å². The Labute approximate surface area is 101 Å². The van der Waals surface area contributed by atoms with E-state index in [1.807, 2.05) is 6.92 Å². The standard InChI is InChI=1S/C13H18O2S/c1-5-11(13(14)15-4)16-12-7-6-9(2)8-10(12)3/h6-8,11H,5H2,1-4H3. The first kappa shape index (κ1) is 13.1. The molecule has 0 spiro atoms. The van der Waals surface area contributed by atoms with Crippen molar-refractivity contribution in [2.24, 2.45) is 0 Å². The molecule has 1 aromatic carbocycles. The Morgan fingerprint density at radius 2 is 2.12 bits per heavy atom. The van der Waals surface area contributed by atoms with E-state index >= 15 is 0 Å². The number of carbonyl (C=O) groups is 1. The van der Waals surface area contributed by atoms with Crippen LogP contribution in [-0.4, -0.2) is 18.3 Å². The van der Waals surface area contributed by atoms with Gasteiger partial charge in [-0.25, -0.2) is 0 Å². The summed E-state index contributed by atoms with van der Waals surface area (Å²) in [5.41, 5.74) is 2.46. The molecule has 0 amide bonds. The molecular formula is C13H18O2S. The highest BCUT2D eigenvalue weighted by molar-refractivity contribution is 8.00. The topological polar surface area (TPSA) is 26.3 Å². The molecule has 16 heavy (non-hydrogen) atoms. The second-order valence-corrected chi connectivity index (χ2v) is 5.05. The van der Waals surface area contributed by atoms with Crippen molar-refractivity contribution < 1.29 is 9.53 Å². The van der Waals surface area contributed by atoms with Crippen LogP contribution in [0.5, 0.6) is 0 Å². The predicted octanol–water partition coefficient (Wildman–Crippen LogP) is 3.35. The summed E-state index contributed by atoms with van der Waals surface area (Å²) in [4.78, 5) is 12.6. The molecule has 1 atom stereocenters. The number of benzene rings is 1. The van der Waals surface area contributed by atoms with Gasteiger partial charge in [-0.15, -0.1) is 11.8 Å². The van der Waals surface area contributed by atoms with E-state index in [1.165, 1.54) is 18.2 Å². The van der Waals surface area contributed by atoms with Crippen LogP contribution >= 0.6 is 11.8 Å². The SMILES string of the molecule is CCC(Sc1ccc(C)cc1C)C(=O)OC. The first-order valence-electron chi connectivity index (χ1n) is 5.40. The van der Waals surface area contributed by atoms with Gasteiger partial charge in [0.25, 0.3) is 0 Å². The summed E-state index contributed by atoms with van der Waals surface area (Å²) in [6, 6.07) is 6.27. The molecule has 0 saturated heterocycles. The van der Waals surface area contributed by atoms with Gasteiger partial charge in [-0.3, -0.25) is 4.79 Å². The Bertz CT molecular complexity index is 374. The highest BCUT2D eigenvalue weighted by Crippen LogP contribution is 2.29. The fourth-order valence-corrected chi connectivity index (χ4v) is 2.57. The van der Waals surface area contributed by atoms with Crippen LogP contribution in [0.1, 0.15) is 24.5 Å². The average Bonchev–Trinajstić information content (AvgIpc) is 2.27. The van der Waals surface area contributed by atoms with Crippen molar-refractivity contribution in [1.82, 2.24) is 0 Å². The van der Waals surface area contributed by atoms with E-state index in [0.29, 0.717) is 0 Å². The van der Waals surface area contributed by atoms with E-state index in [2.05, 4.69) is 32.0 Å². The summed E-state index contributed by atoms with van der Waals surface area (Å²) in [5.74, 6) is -0.146. The van der Waals surface area contributed by atoms with Gasteiger partial charge in [0.15, 0.2) is 0 Å². The minimum absolute atomic E-state index is 0.105. The molecule has 0 bridgehead atoms. The maximum Gasteiger partial charge on any atom is 0.319 e. The minimum Gasteiger partial charge on any atom is -0.468 e. The van der Waals surface area contributed by atoms with Crippen LogP contribution in [0.2, 0.25) is 0 Å². The summed E-state index contributed by atoms with van der Waals surface area (Å²) < 4.78 is 4.78. The van der Waals surface area contributed by atoms with E-state index in [0.717, 1.165) is 11.3 Å². The number of esters is 1. The summed E-state index contributed by atoms with van der Waals surface area (Å²) in [5, 5.41) is -0.105. The van der Waals surface area contributed by atoms with Crippen LogP contribution in [0.4, 0.5) is 0 Å². The van der Waals surface area contributed by atoms with Crippen molar-refractivity contribution in [3.05, 3.63) is 29.3 Å². The summed E-state index contributed by atoms with van der Waals surface area (Å²) in [6.07, 6.45) is 0.782. The van der Waals surface area contributed by atoms with Crippen LogP contribution in [0.3, 0.4) is 0 Å². The molecule has 0 N–H and O–H groups in total. The summed E-state index contributed by atoms with van der Waals surface area (Å²) >= 11 is 1.58. The van der Waals surface area contributed by atoms with Crippen LogP contribution < -0.4 is 0 Å². The number of hydrogen-bond acceptors (Lipinski definition) is 3. The van der Waals surface area contributed by atoms with Crippen molar-refractivity contribution in [1.29, 1.82) is 0 Å². The van der Waals surface area contributed by atoms with Gasteiger partial charge in [0, 0.05) is 4.90 Å². The van der Waals surface area contributed by atoms with Gasteiger partial charge in [-0.1, -0.05) is 24.6 Å². The molecule has 2 nitrogen and oxygen atoms in total. The zero-order valence-electron chi connectivity index (χ0n) is 10.2. The maximum absolute atomic E-state index is 11.5. The molecule has 0 aromatic heterocycles. The molecule has 0 aliphatic heterocycles. The number of rotatable bonds is 4. The van der Waals surface area contributed by atoms with Crippen molar-refractivity contribution in [3.63, 3.8) is 0 Å². The normalized spacial score (nSPS) is 12.2. The molecule has 0 fully saturated rings. The van der Waals surface area contributed by atoms with Crippen molar-refractivity contribution in [3.8, 4) is 0 Å². The van der Waals surface area contributed by atoms with Crippen LogP contribution in [0.15, 0.2) is 23.1 Å². The van der Waals surface area contributed by atoms with Crippen molar-refractivity contribution >= 4 is 17.7 Å². The minimum atomic E-state index is -0.146. The summed E-state index contributed by atoms with van der Waals surface area (Å²) in [6.45, 7) is 6.14. The molecule has 0 saturated carbocycles. The van der Waals surface area contributed by atoms with E-state index < -0.39 is 0 Å². The van der Waals surface area contributed by atoms with Gasteiger partial charge < -0.3 is 4.74 Å². The second-order valence-electron chi connectivity index (χ2n) is 3.81. The molecule has 0 aliphatic rings. The monoisotopic (exact) mass is 238 g/mol. The Balaban J connectivity index is 2.82. The average molecular weight is 238 g/mol. The van der Waals surface area contributed by atoms with Gasteiger partial charge in [0.05, 0.1) is 7.11 Å². The van der Waals surface area contributed by atoms with Gasteiger partial charge in [-0.05, 0) is 31.9 Å². The number of hydrogen-bond donors (Lipinski definition) is 0. The summed E-state index contributed by atoms with van der Waals surface area (Å²) in [7, 11) is 1.44. The third-order valence-electron chi connectivity index (χ3n) is 2.43. The highest BCUT2D eigenvalue weighted by atomic mass is 32.2. The first-order valence-corrected chi connectivity index (χ1v) is 6.28. The zero-order valence-corrected chi connectivity index (χ0v) is 11.1. The van der Waals surface area contributed by atoms with Gasteiger partial charge in [0.1, 0.15) is 5.25 Å². The van der Waals surface area contributed by atoms with Crippen LogP contribution in [0.25, 0.3) is 0 Å². The van der Waals surface area contributed by atoms with Crippen molar-refractivity contribution in [2.75, 3.05) is 7.11 Å². The molecule has 0 heterocycles. The fraction of sp³-hybridized carbons (Fsp3) is 0.462. The smallest absolute Gasteiger partial charge is 0.319 e. The number of aryl methyl sites for hydroxylation is 2. The predicted molar refractivity (Wildman–Crippen MR) is 67.9 cm³/mol. The van der Waals surface area contributed by atoms with E-state index in [9.17, 15) is 4.79 Å². The lowest BCUT2D eigenvalue weighted by molar-refractivity contribution is -0.140. The van der Waals surface area contributed by atoms with Gasteiger partial charge in [-0.2, -0.15) is 0 Å². The van der Waals surface area contributed by atoms with E-state index in [4.69, 9.17) is 4.74 Å². The Morgan fingerprint density at radius 3 is 2.62 bits per heavy atom. The highest BCUT2D eigenvalue weighted by Gasteiger charge is 2.18. The first-order chi connectivity index (χ1) is 7.58. The number of thioether (sulfide) groups is 1. The lowest BCUT2D eigenvalue weighted by Crippen LogP contribution is -2.17. The van der Waals surface area contributed by atoms with Gasteiger partial charge in [0.2, 0.25) is 0 Å². The number of methoxy groups -OCH3 is 1. The largest absolute Gasteiger partial charge is 0.468 e. The van der Waals surface area contributed by atoms with Crippen LogP contribution in [0, 0.1) is 13.8 Å². The molecule has 1 rings (SSSR count). The molecule has 0 radical (unpaired) electrons. The molecule has 88 valence electrons. The maximum atomic E-state index is 11.5. The molecule has 3 heteroatoms. The zero-order chi connectivity index (χ0) is 12.1. The number of carbonyl (C=O) groups excluding carboxylic acids is 1. The lowest BCUT2D eigenvalue weighted by atomic mass is 10.2.